The van der Waals surface area contributed by atoms with Gasteiger partial charge in [0.15, 0.2) is 0 Å². The van der Waals surface area contributed by atoms with Gasteiger partial charge in [0.1, 0.15) is 0 Å². The molecule has 1 aromatic heterocycles. The minimum Gasteiger partial charge on any atom is -0.349 e. The van der Waals surface area contributed by atoms with Crippen LogP contribution >= 0.6 is 11.8 Å². The number of benzene rings is 2. The van der Waals surface area contributed by atoms with Gasteiger partial charge in [-0.05, 0) is 36.4 Å². The van der Waals surface area contributed by atoms with E-state index in [1.54, 1.807) is 11.8 Å². The number of rotatable bonds is 2. The highest BCUT2D eigenvalue weighted by atomic mass is 32.2. The largest absolute Gasteiger partial charge is 0.349 e. The van der Waals surface area contributed by atoms with Crippen LogP contribution in [-0.2, 0) is 0 Å². The Morgan fingerprint density at radius 2 is 1.78 bits per heavy atom. The van der Waals surface area contributed by atoms with E-state index < -0.39 is 0 Å². The van der Waals surface area contributed by atoms with Gasteiger partial charge in [-0.25, -0.2) is 0 Å². The minimum absolute atomic E-state index is 0.691. The summed E-state index contributed by atoms with van der Waals surface area (Å²) in [6, 6.07) is 20.1. The quantitative estimate of drug-likeness (QED) is 0.740. The second-order valence-corrected chi connectivity index (χ2v) is 5.07. The first-order chi connectivity index (χ1) is 8.85. The van der Waals surface area contributed by atoms with Gasteiger partial charge in [-0.2, -0.15) is 5.26 Å². The average Bonchev–Trinajstić information content (AvgIpc) is 2.82. The molecule has 0 amide bonds. The van der Waals surface area contributed by atoms with E-state index in [0.29, 0.717) is 5.56 Å². The fraction of sp³-hybridized carbons (Fsp3) is 0. The Bertz CT molecular complexity index is 687. The number of para-hydroxylation sites is 1. The van der Waals surface area contributed by atoms with Crippen molar-refractivity contribution in [2.75, 3.05) is 0 Å². The molecule has 3 aromatic rings. The maximum absolute atomic E-state index is 8.75. The summed E-state index contributed by atoms with van der Waals surface area (Å²) in [5, 5.41) is 11.1. The van der Waals surface area contributed by atoms with E-state index in [2.05, 4.69) is 29.3 Å². The molecule has 3 heteroatoms. The van der Waals surface area contributed by atoms with Crippen LogP contribution in [0, 0.1) is 11.3 Å². The standard InChI is InChI=1S/C15H10N2S/c16-10-11-5-7-13(8-6-11)18-15-9-12-3-1-2-4-14(12)17-15/h1-9,17H. The van der Waals surface area contributed by atoms with Crippen molar-refractivity contribution >= 4 is 22.7 Å². The lowest BCUT2D eigenvalue weighted by Gasteiger charge is -1.98. The first-order valence-corrected chi connectivity index (χ1v) is 6.42. The van der Waals surface area contributed by atoms with Gasteiger partial charge in [-0.1, -0.05) is 30.0 Å². The Morgan fingerprint density at radius 3 is 2.50 bits per heavy atom. The number of hydrogen-bond donors (Lipinski definition) is 1. The maximum Gasteiger partial charge on any atom is 0.0991 e. The topological polar surface area (TPSA) is 39.6 Å². The fourth-order valence-corrected chi connectivity index (χ4v) is 2.70. The lowest BCUT2D eigenvalue weighted by molar-refractivity contribution is 1.23. The van der Waals surface area contributed by atoms with Crippen LogP contribution in [0.2, 0.25) is 0 Å². The summed E-state index contributed by atoms with van der Waals surface area (Å²) in [4.78, 5) is 4.50. The summed E-state index contributed by atoms with van der Waals surface area (Å²) in [5.41, 5.74) is 1.84. The summed E-state index contributed by atoms with van der Waals surface area (Å²) in [5.74, 6) is 0. The number of fused-ring (bicyclic) bond motifs is 1. The van der Waals surface area contributed by atoms with E-state index in [-0.39, 0.29) is 0 Å². The van der Waals surface area contributed by atoms with Crippen LogP contribution in [-0.4, -0.2) is 4.98 Å². The van der Waals surface area contributed by atoms with Gasteiger partial charge in [0, 0.05) is 15.8 Å². The molecule has 0 aliphatic carbocycles. The molecule has 0 atom stereocenters. The third-order valence-corrected chi connectivity index (χ3v) is 3.66. The third kappa shape index (κ3) is 2.11. The molecule has 0 fully saturated rings. The number of aromatic nitrogens is 1. The molecule has 0 bridgehead atoms. The lowest BCUT2D eigenvalue weighted by Crippen LogP contribution is -1.75. The van der Waals surface area contributed by atoms with Crippen LogP contribution in [0.25, 0.3) is 10.9 Å². The molecule has 86 valence electrons. The van der Waals surface area contributed by atoms with Gasteiger partial charge in [0.05, 0.1) is 16.7 Å². The number of H-pyrrole nitrogens is 1. The van der Waals surface area contributed by atoms with Gasteiger partial charge in [0.2, 0.25) is 0 Å². The molecule has 0 spiro atoms. The predicted molar refractivity (Wildman–Crippen MR) is 73.6 cm³/mol. The number of aromatic amines is 1. The zero-order valence-corrected chi connectivity index (χ0v) is 10.4. The Kier molecular flexibility index (Phi) is 2.79. The van der Waals surface area contributed by atoms with E-state index in [1.165, 1.54) is 5.39 Å². The van der Waals surface area contributed by atoms with Gasteiger partial charge < -0.3 is 4.98 Å². The monoisotopic (exact) mass is 250 g/mol. The second-order valence-electron chi connectivity index (χ2n) is 3.96. The molecule has 3 rings (SSSR count). The maximum atomic E-state index is 8.75. The molecule has 2 aromatic carbocycles. The zero-order valence-electron chi connectivity index (χ0n) is 9.55. The Balaban J connectivity index is 1.89. The Hall–Kier alpha value is -2.18. The summed E-state index contributed by atoms with van der Waals surface area (Å²) in [7, 11) is 0. The van der Waals surface area contributed by atoms with Crippen LogP contribution in [0.15, 0.2) is 64.5 Å². The Morgan fingerprint density at radius 1 is 1.00 bits per heavy atom. The summed E-state index contributed by atoms with van der Waals surface area (Å²) < 4.78 is 0. The third-order valence-electron chi connectivity index (χ3n) is 2.72. The van der Waals surface area contributed by atoms with E-state index in [0.717, 1.165) is 15.4 Å². The molecule has 18 heavy (non-hydrogen) atoms. The summed E-state index contributed by atoms with van der Waals surface area (Å²) in [6.07, 6.45) is 0. The van der Waals surface area contributed by atoms with Crippen LogP contribution in [0.4, 0.5) is 0 Å². The predicted octanol–water partition coefficient (Wildman–Crippen LogP) is 4.19. The number of nitriles is 1. The summed E-state index contributed by atoms with van der Waals surface area (Å²) >= 11 is 1.67. The highest BCUT2D eigenvalue weighted by Crippen LogP contribution is 2.29. The average molecular weight is 250 g/mol. The van der Waals surface area contributed by atoms with E-state index in [4.69, 9.17) is 5.26 Å². The minimum atomic E-state index is 0.691. The fourth-order valence-electron chi connectivity index (χ4n) is 1.83. The first kappa shape index (κ1) is 10.9. The van der Waals surface area contributed by atoms with Crippen molar-refractivity contribution in [1.82, 2.24) is 4.98 Å². The normalized spacial score (nSPS) is 10.4. The van der Waals surface area contributed by atoms with E-state index >= 15 is 0 Å². The van der Waals surface area contributed by atoms with E-state index in [1.807, 2.05) is 36.4 Å². The highest BCUT2D eigenvalue weighted by Gasteiger charge is 2.02. The van der Waals surface area contributed by atoms with Crippen molar-refractivity contribution in [1.29, 1.82) is 5.26 Å². The Labute approximate surface area is 109 Å². The van der Waals surface area contributed by atoms with Gasteiger partial charge in [0.25, 0.3) is 0 Å². The molecule has 0 unspecified atom stereocenters. The van der Waals surface area contributed by atoms with Gasteiger partial charge in [-0.15, -0.1) is 0 Å². The van der Waals surface area contributed by atoms with Crippen LogP contribution < -0.4 is 0 Å². The van der Waals surface area contributed by atoms with E-state index in [9.17, 15) is 0 Å². The molecule has 0 aliphatic heterocycles. The molecule has 1 heterocycles. The highest BCUT2D eigenvalue weighted by molar-refractivity contribution is 7.99. The molecular formula is C15H10N2S. The molecular weight excluding hydrogens is 240 g/mol. The van der Waals surface area contributed by atoms with Gasteiger partial charge >= 0.3 is 0 Å². The summed E-state index contributed by atoms with van der Waals surface area (Å²) in [6.45, 7) is 0. The van der Waals surface area contributed by atoms with Crippen molar-refractivity contribution in [2.45, 2.75) is 9.92 Å². The molecule has 0 aliphatic rings. The van der Waals surface area contributed by atoms with Crippen molar-refractivity contribution < 1.29 is 0 Å². The number of hydrogen-bond acceptors (Lipinski definition) is 2. The van der Waals surface area contributed by atoms with Crippen molar-refractivity contribution in [3.05, 3.63) is 60.2 Å². The second kappa shape index (κ2) is 4.59. The van der Waals surface area contributed by atoms with Crippen molar-refractivity contribution in [2.24, 2.45) is 0 Å². The smallest absolute Gasteiger partial charge is 0.0991 e. The van der Waals surface area contributed by atoms with Crippen LogP contribution in [0.3, 0.4) is 0 Å². The first-order valence-electron chi connectivity index (χ1n) is 5.61. The number of nitrogens with zero attached hydrogens (tertiary/aromatic N) is 1. The van der Waals surface area contributed by atoms with Crippen molar-refractivity contribution in [3.63, 3.8) is 0 Å². The van der Waals surface area contributed by atoms with Crippen LogP contribution in [0.5, 0.6) is 0 Å². The van der Waals surface area contributed by atoms with Gasteiger partial charge in [-0.3, -0.25) is 0 Å². The molecule has 0 radical (unpaired) electrons. The van der Waals surface area contributed by atoms with Crippen molar-refractivity contribution in [3.8, 4) is 6.07 Å². The molecule has 1 N–H and O–H groups in total. The SMILES string of the molecule is N#Cc1ccc(Sc2cc3ccccc3[nH]2)cc1. The van der Waals surface area contributed by atoms with Crippen LogP contribution in [0.1, 0.15) is 5.56 Å². The zero-order chi connectivity index (χ0) is 12.4. The lowest BCUT2D eigenvalue weighted by atomic mass is 10.2. The molecule has 2 nitrogen and oxygen atoms in total. The molecule has 0 saturated carbocycles. The number of nitrogens with one attached hydrogen (secondary N) is 1. The molecule has 0 saturated heterocycles.